The van der Waals surface area contributed by atoms with E-state index in [4.69, 9.17) is 9.72 Å². The molecule has 0 spiro atoms. The Labute approximate surface area is 251 Å². The number of pyridine rings is 1. The number of halogens is 3. The summed E-state index contributed by atoms with van der Waals surface area (Å²) in [6.07, 6.45) is 4.23. The molecule has 4 atom stereocenters. The van der Waals surface area contributed by atoms with Crippen molar-refractivity contribution in [3.05, 3.63) is 47.7 Å². The third-order valence-electron chi connectivity index (χ3n) is 10.2. The lowest BCUT2D eigenvalue weighted by Gasteiger charge is -2.31. The SMILES string of the molecule is CCc1c(F)ccc2cc(O)cc(-c3ncc4c(N5CC6CC(=O)C5C6)nc(OC[C@@]56CCCN5C[C@H](F)C6)nc4c3F)c12. The Morgan fingerprint density at radius 3 is 2.84 bits per heavy atom. The van der Waals surface area contributed by atoms with Crippen molar-refractivity contribution < 1.29 is 27.8 Å². The van der Waals surface area contributed by atoms with Crippen LogP contribution in [0.2, 0.25) is 0 Å². The first-order valence-corrected chi connectivity index (χ1v) is 15.4. The van der Waals surface area contributed by atoms with Crippen LogP contribution in [0, 0.1) is 17.6 Å². The lowest BCUT2D eigenvalue weighted by Crippen LogP contribution is -2.43. The highest BCUT2D eigenvalue weighted by molar-refractivity contribution is 6.02. The van der Waals surface area contributed by atoms with Crippen molar-refractivity contribution in [3.63, 3.8) is 0 Å². The standard InChI is InChI=1S/C33H32F3N5O3/c1-2-21-24(35)5-4-18-10-20(42)11-22(27(18)21)29-28(36)30-23(13-37-29)31(41-14-17-8-25(41)26(43)9-17)39-32(38-30)44-16-33-6-3-7-40(33)15-19(34)12-33/h4-5,10-11,13,17,19,25,42H,2-3,6-9,12,14-16H2,1H3/t17?,19-,25?,33+/m1/s1. The smallest absolute Gasteiger partial charge is 0.319 e. The van der Waals surface area contributed by atoms with Gasteiger partial charge in [0.1, 0.15) is 41.4 Å². The number of anilines is 1. The van der Waals surface area contributed by atoms with E-state index in [0.717, 1.165) is 19.4 Å². The van der Waals surface area contributed by atoms with Crippen LogP contribution < -0.4 is 9.64 Å². The molecule has 5 heterocycles. The molecule has 1 aliphatic carbocycles. The molecular weight excluding hydrogens is 571 g/mol. The Balaban J connectivity index is 1.29. The van der Waals surface area contributed by atoms with Gasteiger partial charge in [-0.15, -0.1) is 0 Å². The molecule has 3 saturated heterocycles. The Morgan fingerprint density at radius 2 is 2.05 bits per heavy atom. The molecule has 0 amide bonds. The number of ketones is 1. The van der Waals surface area contributed by atoms with Crippen molar-refractivity contribution in [3.8, 4) is 23.0 Å². The predicted octanol–water partition coefficient (Wildman–Crippen LogP) is 5.51. The van der Waals surface area contributed by atoms with Crippen LogP contribution in [-0.2, 0) is 11.2 Å². The minimum atomic E-state index is -0.931. The van der Waals surface area contributed by atoms with Crippen molar-refractivity contribution in [2.45, 2.75) is 63.2 Å². The number of benzene rings is 2. The quantitative estimate of drug-likeness (QED) is 0.309. The molecule has 1 N–H and O–H groups in total. The van der Waals surface area contributed by atoms with Gasteiger partial charge < -0.3 is 14.7 Å². The largest absolute Gasteiger partial charge is 0.508 e. The van der Waals surface area contributed by atoms with E-state index in [-0.39, 0.29) is 52.9 Å². The summed E-state index contributed by atoms with van der Waals surface area (Å²) >= 11 is 0. The summed E-state index contributed by atoms with van der Waals surface area (Å²) < 4.78 is 52.3. The Bertz CT molecular complexity index is 1850. The van der Waals surface area contributed by atoms with Crippen LogP contribution in [0.1, 0.15) is 44.6 Å². The molecule has 2 bridgehead atoms. The second-order valence-corrected chi connectivity index (χ2v) is 12.8. The summed E-state index contributed by atoms with van der Waals surface area (Å²) in [6.45, 7) is 3.75. The number of hydrogen-bond donors (Lipinski definition) is 1. The molecule has 2 aromatic heterocycles. The van der Waals surface area contributed by atoms with Crippen molar-refractivity contribution in [1.82, 2.24) is 19.9 Å². The number of piperidine rings is 1. The zero-order valence-electron chi connectivity index (χ0n) is 24.3. The number of phenols is 1. The average molecular weight is 604 g/mol. The monoisotopic (exact) mass is 603 g/mol. The number of aryl methyl sites for hydroxylation is 1. The van der Waals surface area contributed by atoms with Gasteiger partial charge in [0, 0.05) is 37.7 Å². The molecule has 3 aliphatic heterocycles. The molecule has 4 aliphatic rings. The fourth-order valence-electron chi connectivity index (χ4n) is 8.20. The van der Waals surface area contributed by atoms with Gasteiger partial charge in [0.15, 0.2) is 11.6 Å². The summed E-state index contributed by atoms with van der Waals surface area (Å²) in [6, 6.07) is 5.38. The third kappa shape index (κ3) is 4.15. The van der Waals surface area contributed by atoms with Crippen molar-refractivity contribution in [2.75, 3.05) is 31.1 Å². The number of carbonyl (C=O) groups is 1. The first-order chi connectivity index (χ1) is 21.2. The normalized spacial score (nSPS) is 26.4. The van der Waals surface area contributed by atoms with E-state index in [0.29, 0.717) is 66.3 Å². The number of rotatable bonds is 6. The second-order valence-electron chi connectivity index (χ2n) is 12.8. The molecule has 4 aromatic rings. The average Bonchev–Trinajstić information content (AvgIpc) is 3.75. The van der Waals surface area contributed by atoms with E-state index in [1.54, 1.807) is 6.07 Å². The van der Waals surface area contributed by atoms with Crippen LogP contribution in [-0.4, -0.2) is 74.7 Å². The van der Waals surface area contributed by atoms with Crippen LogP contribution in [0.15, 0.2) is 30.5 Å². The van der Waals surface area contributed by atoms with Gasteiger partial charge in [-0.25, -0.2) is 13.2 Å². The highest BCUT2D eigenvalue weighted by Crippen LogP contribution is 2.44. The summed E-state index contributed by atoms with van der Waals surface area (Å²) in [7, 11) is 0. The van der Waals surface area contributed by atoms with Crippen LogP contribution in [0.4, 0.5) is 19.0 Å². The number of ether oxygens (including phenoxy) is 1. The maximum atomic E-state index is 16.7. The molecule has 2 aromatic carbocycles. The van der Waals surface area contributed by atoms with Crippen LogP contribution in [0.25, 0.3) is 32.9 Å². The van der Waals surface area contributed by atoms with Gasteiger partial charge in [0.05, 0.1) is 17.0 Å². The number of alkyl halides is 1. The van der Waals surface area contributed by atoms with E-state index >= 15 is 4.39 Å². The molecule has 44 heavy (non-hydrogen) atoms. The molecule has 8 rings (SSSR count). The van der Waals surface area contributed by atoms with Gasteiger partial charge in [-0.2, -0.15) is 9.97 Å². The van der Waals surface area contributed by atoms with Crippen molar-refractivity contribution >= 4 is 33.3 Å². The van der Waals surface area contributed by atoms with Gasteiger partial charge in [-0.05, 0) is 72.7 Å². The summed E-state index contributed by atoms with van der Waals surface area (Å²) in [4.78, 5) is 30.5. The van der Waals surface area contributed by atoms with Crippen LogP contribution >= 0.6 is 0 Å². The molecule has 8 nitrogen and oxygen atoms in total. The van der Waals surface area contributed by atoms with E-state index in [9.17, 15) is 18.7 Å². The van der Waals surface area contributed by atoms with Gasteiger partial charge in [-0.3, -0.25) is 14.7 Å². The Hall–Kier alpha value is -3.99. The zero-order chi connectivity index (χ0) is 30.3. The zero-order valence-corrected chi connectivity index (χ0v) is 24.3. The molecule has 2 unspecified atom stereocenters. The minimum Gasteiger partial charge on any atom is -0.508 e. The number of nitrogens with zero attached hydrogens (tertiary/aromatic N) is 5. The highest BCUT2D eigenvalue weighted by Gasteiger charge is 2.50. The molecule has 0 radical (unpaired) electrons. The topological polar surface area (TPSA) is 91.7 Å². The summed E-state index contributed by atoms with van der Waals surface area (Å²) in [5.74, 6) is -0.600. The number of aromatic nitrogens is 3. The number of aromatic hydroxyl groups is 1. The van der Waals surface area contributed by atoms with Crippen LogP contribution in [0.5, 0.6) is 11.8 Å². The number of fused-ring (bicyclic) bond motifs is 5. The van der Waals surface area contributed by atoms with E-state index in [1.807, 2.05) is 11.8 Å². The minimum absolute atomic E-state index is 0.0493. The van der Waals surface area contributed by atoms with Gasteiger partial charge in [0.2, 0.25) is 0 Å². The number of phenolic OH excluding ortho intramolecular Hbond substituents is 1. The molecule has 11 heteroatoms. The van der Waals surface area contributed by atoms with Crippen LogP contribution in [0.3, 0.4) is 0 Å². The first kappa shape index (κ1) is 27.6. The lowest BCUT2D eigenvalue weighted by atomic mass is 9.94. The Kier molecular flexibility index (Phi) is 6.27. The number of carbonyl (C=O) groups excluding carboxylic acids is 1. The van der Waals surface area contributed by atoms with E-state index in [1.165, 1.54) is 24.4 Å². The second kappa shape index (κ2) is 10.0. The van der Waals surface area contributed by atoms with Gasteiger partial charge in [0.25, 0.3) is 0 Å². The Morgan fingerprint density at radius 1 is 1.18 bits per heavy atom. The maximum Gasteiger partial charge on any atom is 0.319 e. The fourth-order valence-corrected chi connectivity index (χ4v) is 8.20. The van der Waals surface area contributed by atoms with Gasteiger partial charge >= 0.3 is 6.01 Å². The summed E-state index contributed by atoms with van der Waals surface area (Å²) in [5, 5.41) is 11.9. The van der Waals surface area contributed by atoms with E-state index < -0.39 is 23.3 Å². The first-order valence-electron chi connectivity index (χ1n) is 15.4. The van der Waals surface area contributed by atoms with E-state index in [2.05, 4.69) is 14.9 Å². The fraction of sp³-hybridized carbons (Fsp3) is 0.455. The number of Topliss-reactive ketones (excluding diaryl/α,β-unsaturated/α-hetero) is 1. The van der Waals surface area contributed by atoms with Crippen molar-refractivity contribution in [1.29, 1.82) is 0 Å². The highest BCUT2D eigenvalue weighted by atomic mass is 19.1. The third-order valence-corrected chi connectivity index (χ3v) is 10.2. The lowest BCUT2D eigenvalue weighted by molar-refractivity contribution is -0.119. The maximum absolute atomic E-state index is 16.7. The molecular formula is C33H32F3N5O3. The molecule has 4 fully saturated rings. The molecule has 1 saturated carbocycles. The van der Waals surface area contributed by atoms with Crippen molar-refractivity contribution in [2.24, 2.45) is 5.92 Å². The molecule has 228 valence electrons. The summed E-state index contributed by atoms with van der Waals surface area (Å²) in [5.41, 5.74) is 0.0377. The van der Waals surface area contributed by atoms with Gasteiger partial charge in [-0.1, -0.05) is 13.0 Å². The number of hydrogen-bond acceptors (Lipinski definition) is 8. The predicted molar refractivity (Wildman–Crippen MR) is 159 cm³/mol.